The van der Waals surface area contributed by atoms with Gasteiger partial charge in [-0.05, 0) is 19.1 Å². The third-order valence-electron chi connectivity index (χ3n) is 2.71. The predicted molar refractivity (Wildman–Crippen MR) is 66.7 cm³/mol. The number of aliphatic carboxylic acids is 1. The van der Waals surface area contributed by atoms with Gasteiger partial charge in [-0.25, -0.2) is 4.79 Å². The molecule has 1 atom stereocenters. The van der Waals surface area contributed by atoms with E-state index in [1.807, 2.05) is 0 Å². The molecule has 0 spiro atoms. The molecule has 1 aromatic heterocycles. The number of nitrogens with one attached hydrogen (secondary N) is 1. The standard InChI is InChI=1S/C11H12N2O4S/c1-6-2-3-7(9(14)12-6)10(15)13-5-18-4-8(13)11(16)17/h2-3,8H,4-5H2,1H3,(H,12,14)(H,16,17). The second-order valence-electron chi connectivity index (χ2n) is 4.01. The minimum atomic E-state index is -1.04. The number of hydrogen-bond acceptors (Lipinski definition) is 4. The zero-order valence-corrected chi connectivity index (χ0v) is 10.5. The summed E-state index contributed by atoms with van der Waals surface area (Å²) in [6.07, 6.45) is 0. The maximum absolute atomic E-state index is 12.1. The number of H-pyrrole nitrogens is 1. The molecule has 7 heteroatoms. The molecule has 0 aliphatic carbocycles. The summed E-state index contributed by atoms with van der Waals surface area (Å²) in [6, 6.07) is 2.19. The van der Waals surface area contributed by atoms with E-state index < -0.39 is 23.5 Å². The summed E-state index contributed by atoms with van der Waals surface area (Å²) in [4.78, 5) is 38.5. The lowest BCUT2D eigenvalue weighted by Crippen LogP contribution is -2.43. The second-order valence-corrected chi connectivity index (χ2v) is 5.01. The summed E-state index contributed by atoms with van der Waals surface area (Å²) in [7, 11) is 0. The van der Waals surface area contributed by atoms with Gasteiger partial charge >= 0.3 is 5.97 Å². The Morgan fingerprint density at radius 2 is 2.22 bits per heavy atom. The molecule has 1 fully saturated rings. The van der Waals surface area contributed by atoms with Gasteiger partial charge in [0.15, 0.2) is 0 Å². The van der Waals surface area contributed by atoms with Crippen LogP contribution in [0.5, 0.6) is 0 Å². The molecule has 1 aliphatic rings. The van der Waals surface area contributed by atoms with Crippen molar-refractivity contribution >= 4 is 23.6 Å². The molecule has 0 saturated carbocycles. The SMILES string of the molecule is Cc1ccc(C(=O)N2CSCC2C(=O)O)c(=O)[nH]1. The number of rotatable bonds is 2. The fraction of sp³-hybridized carbons (Fsp3) is 0.364. The molecule has 1 saturated heterocycles. The molecule has 2 heterocycles. The number of aromatic amines is 1. The Hall–Kier alpha value is -1.76. The van der Waals surface area contributed by atoms with Crippen LogP contribution in [0.15, 0.2) is 16.9 Å². The van der Waals surface area contributed by atoms with E-state index in [0.29, 0.717) is 17.3 Å². The van der Waals surface area contributed by atoms with Crippen molar-refractivity contribution in [3.8, 4) is 0 Å². The van der Waals surface area contributed by atoms with Crippen molar-refractivity contribution in [2.24, 2.45) is 0 Å². The lowest BCUT2D eigenvalue weighted by molar-refractivity contribution is -0.140. The number of pyridine rings is 1. The molecule has 18 heavy (non-hydrogen) atoms. The summed E-state index contributed by atoms with van der Waals surface area (Å²) < 4.78 is 0. The number of nitrogens with zero attached hydrogens (tertiary/aromatic N) is 1. The normalized spacial score (nSPS) is 18.9. The first-order valence-electron chi connectivity index (χ1n) is 5.32. The third-order valence-corrected chi connectivity index (χ3v) is 3.73. The van der Waals surface area contributed by atoms with Gasteiger partial charge in [-0.2, -0.15) is 0 Å². The van der Waals surface area contributed by atoms with Crippen molar-refractivity contribution in [3.05, 3.63) is 33.7 Å². The van der Waals surface area contributed by atoms with E-state index in [1.165, 1.54) is 22.7 Å². The van der Waals surface area contributed by atoms with E-state index in [9.17, 15) is 14.4 Å². The zero-order chi connectivity index (χ0) is 13.3. The highest BCUT2D eigenvalue weighted by atomic mass is 32.2. The number of aryl methyl sites for hydroxylation is 1. The van der Waals surface area contributed by atoms with Crippen LogP contribution in [0, 0.1) is 6.92 Å². The first-order valence-corrected chi connectivity index (χ1v) is 6.47. The number of carbonyl (C=O) groups excluding carboxylic acids is 1. The summed E-state index contributed by atoms with van der Waals surface area (Å²) in [5, 5.41) is 9.00. The molecule has 1 amide bonds. The molecule has 2 N–H and O–H groups in total. The van der Waals surface area contributed by atoms with Crippen LogP contribution in [-0.4, -0.2) is 44.5 Å². The topological polar surface area (TPSA) is 90.5 Å². The summed E-state index contributed by atoms with van der Waals surface area (Å²) >= 11 is 1.36. The van der Waals surface area contributed by atoms with Gasteiger partial charge in [0.1, 0.15) is 11.6 Å². The number of hydrogen-bond donors (Lipinski definition) is 2. The number of carboxylic acid groups (broad SMARTS) is 1. The molecule has 2 rings (SSSR count). The molecule has 6 nitrogen and oxygen atoms in total. The molecule has 1 unspecified atom stereocenters. The number of carboxylic acids is 1. The lowest BCUT2D eigenvalue weighted by Gasteiger charge is -2.19. The predicted octanol–water partition coefficient (Wildman–Crippen LogP) is 0.283. The van der Waals surface area contributed by atoms with E-state index in [2.05, 4.69) is 4.98 Å². The third kappa shape index (κ3) is 2.26. The maximum Gasteiger partial charge on any atom is 0.327 e. The van der Waals surface area contributed by atoms with Gasteiger partial charge in [0.2, 0.25) is 0 Å². The van der Waals surface area contributed by atoms with Gasteiger partial charge in [-0.3, -0.25) is 9.59 Å². The molecule has 0 radical (unpaired) electrons. The van der Waals surface area contributed by atoms with Crippen LogP contribution in [0.2, 0.25) is 0 Å². The van der Waals surface area contributed by atoms with Crippen LogP contribution in [0.4, 0.5) is 0 Å². The highest BCUT2D eigenvalue weighted by Crippen LogP contribution is 2.22. The van der Waals surface area contributed by atoms with E-state index in [-0.39, 0.29) is 5.56 Å². The molecule has 1 aliphatic heterocycles. The van der Waals surface area contributed by atoms with Gasteiger partial charge in [0, 0.05) is 11.4 Å². The Labute approximate surface area is 107 Å². The van der Waals surface area contributed by atoms with Crippen LogP contribution in [0.3, 0.4) is 0 Å². The minimum absolute atomic E-state index is 0.0191. The van der Waals surface area contributed by atoms with Gasteiger partial charge in [0.05, 0.1) is 5.88 Å². The van der Waals surface area contributed by atoms with Crippen LogP contribution >= 0.6 is 11.8 Å². The van der Waals surface area contributed by atoms with E-state index in [0.717, 1.165) is 0 Å². The molecule has 96 valence electrons. The maximum atomic E-state index is 12.1. The van der Waals surface area contributed by atoms with E-state index >= 15 is 0 Å². The van der Waals surface area contributed by atoms with Crippen molar-refractivity contribution in [2.75, 3.05) is 11.6 Å². The van der Waals surface area contributed by atoms with Crippen LogP contribution in [0.1, 0.15) is 16.1 Å². The largest absolute Gasteiger partial charge is 0.480 e. The Morgan fingerprint density at radius 1 is 1.50 bits per heavy atom. The van der Waals surface area contributed by atoms with Crippen molar-refractivity contribution in [1.82, 2.24) is 9.88 Å². The molecular formula is C11H12N2O4S. The first-order chi connectivity index (χ1) is 8.50. The average Bonchev–Trinajstić information content (AvgIpc) is 2.77. The highest BCUT2D eigenvalue weighted by Gasteiger charge is 2.35. The lowest BCUT2D eigenvalue weighted by atomic mass is 10.2. The Morgan fingerprint density at radius 3 is 2.83 bits per heavy atom. The summed E-state index contributed by atoms with van der Waals surface area (Å²) in [5.41, 5.74) is 0.150. The average molecular weight is 268 g/mol. The summed E-state index contributed by atoms with van der Waals surface area (Å²) in [5.74, 6) is -0.931. The number of carbonyl (C=O) groups is 2. The van der Waals surface area contributed by atoms with Crippen molar-refractivity contribution in [1.29, 1.82) is 0 Å². The van der Waals surface area contributed by atoms with Crippen LogP contribution in [-0.2, 0) is 4.79 Å². The van der Waals surface area contributed by atoms with E-state index in [4.69, 9.17) is 5.11 Å². The van der Waals surface area contributed by atoms with Gasteiger partial charge < -0.3 is 15.0 Å². The van der Waals surface area contributed by atoms with Crippen molar-refractivity contribution in [3.63, 3.8) is 0 Å². The van der Waals surface area contributed by atoms with Crippen molar-refractivity contribution in [2.45, 2.75) is 13.0 Å². The van der Waals surface area contributed by atoms with Gasteiger partial charge in [0.25, 0.3) is 11.5 Å². The second kappa shape index (κ2) is 4.85. The summed E-state index contributed by atoms with van der Waals surface area (Å²) in [6.45, 7) is 1.71. The molecule has 1 aromatic rings. The van der Waals surface area contributed by atoms with Crippen LogP contribution < -0.4 is 5.56 Å². The highest BCUT2D eigenvalue weighted by molar-refractivity contribution is 7.99. The minimum Gasteiger partial charge on any atom is -0.480 e. The smallest absolute Gasteiger partial charge is 0.327 e. The van der Waals surface area contributed by atoms with Gasteiger partial charge in [-0.15, -0.1) is 11.8 Å². The van der Waals surface area contributed by atoms with E-state index in [1.54, 1.807) is 13.0 Å². The molecule has 0 aromatic carbocycles. The number of aromatic nitrogens is 1. The van der Waals surface area contributed by atoms with Crippen LogP contribution in [0.25, 0.3) is 0 Å². The molecular weight excluding hydrogens is 256 g/mol. The molecule has 0 bridgehead atoms. The first kappa shape index (κ1) is 12.7. The Bertz CT molecular complexity index is 554. The van der Waals surface area contributed by atoms with Gasteiger partial charge in [-0.1, -0.05) is 0 Å². The quantitative estimate of drug-likeness (QED) is 0.804. The number of thioether (sulfide) groups is 1. The zero-order valence-electron chi connectivity index (χ0n) is 9.67. The Balaban J connectivity index is 2.31. The fourth-order valence-electron chi connectivity index (χ4n) is 1.74. The monoisotopic (exact) mass is 268 g/mol. The van der Waals surface area contributed by atoms with Crippen molar-refractivity contribution < 1.29 is 14.7 Å². The number of amides is 1. The fourth-order valence-corrected chi connectivity index (χ4v) is 2.89. The Kier molecular flexibility index (Phi) is 3.42.